The highest BCUT2D eigenvalue weighted by molar-refractivity contribution is 5.33. The molecule has 8 atom stereocenters. The lowest BCUT2D eigenvalue weighted by Crippen LogP contribution is -2.53. The molecule has 2 nitrogen and oxygen atoms in total. The number of aliphatic hydroxyl groups is 1. The molecule has 3 fully saturated rings. The lowest BCUT2D eigenvalue weighted by atomic mass is 9.45. The zero-order chi connectivity index (χ0) is 18.8. The van der Waals surface area contributed by atoms with Gasteiger partial charge in [-0.3, -0.25) is 0 Å². The second-order valence-corrected chi connectivity index (χ2v) is 11.0. The quantitative estimate of drug-likeness (QED) is 0.620. The number of rotatable bonds is 1. The number of hydrogen-bond acceptors (Lipinski definition) is 2. The Morgan fingerprint density at radius 1 is 1.04 bits per heavy atom. The number of hydrogen-bond donors (Lipinski definition) is 2. The van der Waals surface area contributed by atoms with Crippen molar-refractivity contribution in [2.24, 2.45) is 34.5 Å². The van der Waals surface area contributed by atoms with E-state index >= 15 is 0 Å². The minimum absolute atomic E-state index is 0.0981. The van der Waals surface area contributed by atoms with Crippen LogP contribution in [-0.2, 0) is 0 Å². The van der Waals surface area contributed by atoms with Gasteiger partial charge in [-0.1, -0.05) is 50.5 Å². The maximum atomic E-state index is 10.3. The number of piperidine rings is 1. The van der Waals surface area contributed by atoms with Crippen LogP contribution in [0.15, 0.2) is 23.3 Å². The fourth-order valence-corrected chi connectivity index (χ4v) is 8.26. The molecular formula is C25H39NO. The van der Waals surface area contributed by atoms with Gasteiger partial charge in [-0.2, -0.15) is 0 Å². The van der Waals surface area contributed by atoms with Crippen molar-refractivity contribution in [1.82, 2.24) is 5.32 Å². The molecule has 0 aromatic heterocycles. The Morgan fingerprint density at radius 2 is 1.85 bits per heavy atom. The fraction of sp³-hybridized carbons (Fsp3) is 0.840. The maximum Gasteiger partial charge on any atom is 0.0577 e. The van der Waals surface area contributed by atoms with Crippen molar-refractivity contribution >= 4 is 0 Å². The summed E-state index contributed by atoms with van der Waals surface area (Å²) in [5, 5.41) is 14.1. The van der Waals surface area contributed by atoms with Crippen LogP contribution in [0.4, 0.5) is 0 Å². The van der Waals surface area contributed by atoms with Gasteiger partial charge in [-0.05, 0) is 92.4 Å². The first-order chi connectivity index (χ1) is 12.9. The van der Waals surface area contributed by atoms with Crippen molar-refractivity contribution in [1.29, 1.82) is 0 Å². The van der Waals surface area contributed by atoms with Crippen LogP contribution in [0, 0.1) is 34.5 Å². The van der Waals surface area contributed by atoms with E-state index in [1.165, 1.54) is 51.5 Å². The van der Waals surface area contributed by atoms with Gasteiger partial charge in [0.25, 0.3) is 0 Å². The van der Waals surface area contributed by atoms with Gasteiger partial charge < -0.3 is 10.4 Å². The highest BCUT2D eigenvalue weighted by Gasteiger charge is 2.58. The van der Waals surface area contributed by atoms with Gasteiger partial charge in [-0.25, -0.2) is 0 Å². The average Bonchev–Trinajstić information content (AvgIpc) is 3.01. The van der Waals surface area contributed by atoms with Crippen LogP contribution in [-0.4, -0.2) is 23.8 Å². The van der Waals surface area contributed by atoms with Crippen molar-refractivity contribution in [3.8, 4) is 0 Å². The molecule has 27 heavy (non-hydrogen) atoms. The molecule has 150 valence electrons. The van der Waals surface area contributed by atoms with E-state index in [0.717, 1.165) is 30.6 Å². The molecule has 5 rings (SSSR count). The lowest BCUT2D eigenvalue weighted by Gasteiger charge is -2.60. The summed E-state index contributed by atoms with van der Waals surface area (Å²) in [6.45, 7) is 8.84. The van der Waals surface area contributed by atoms with Gasteiger partial charge in [0.05, 0.1) is 6.10 Å². The highest BCUT2D eigenvalue weighted by Crippen LogP contribution is 2.66. The van der Waals surface area contributed by atoms with E-state index in [-0.39, 0.29) is 6.10 Å². The molecule has 5 aliphatic rings. The Labute approximate surface area is 165 Å². The second kappa shape index (κ2) is 6.46. The summed E-state index contributed by atoms with van der Waals surface area (Å²) in [5.41, 5.74) is 4.14. The first kappa shape index (κ1) is 18.4. The molecule has 1 saturated heterocycles. The normalized spacial score (nSPS) is 52.3. The number of fused-ring (bicyclic) bond motifs is 5. The van der Waals surface area contributed by atoms with E-state index in [0.29, 0.717) is 22.8 Å². The Kier molecular flexibility index (Phi) is 4.41. The largest absolute Gasteiger partial charge is 0.393 e. The first-order valence-electron chi connectivity index (χ1n) is 11.8. The van der Waals surface area contributed by atoms with Crippen LogP contribution < -0.4 is 5.32 Å². The third-order valence-electron chi connectivity index (χ3n) is 9.73. The molecule has 0 spiro atoms. The predicted octanol–water partition coefficient (Wildman–Crippen LogP) is 5.23. The summed E-state index contributed by atoms with van der Waals surface area (Å²) in [6, 6.07) is 0.649. The lowest BCUT2D eigenvalue weighted by molar-refractivity contribution is -0.0495. The Morgan fingerprint density at radius 3 is 2.63 bits per heavy atom. The molecule has 2 heteroatoms. The topological polar surface area (TPSA) is 32.3 Å². The van der Waals surface area contributed by atoms with Crippen LogP contribution >= 0.6 is 0 Å². The van der Waals surface area contributed by atoms with Crippen molar-refractivity contribution in [3.05, 3.63) is 23.3 Å². The minimum Gasteiger partial charge on any atom is -0.393 e. The van der Waals surface area contributed by atoms with Crippen LogP contribution in [0.2, 0.25) is 0 Å². The smallest absolute Gasteiger partial charge is 0.0577 e. The van der Waals surface area contributed by atoms with Crippen LogP contribution in [0.25, 0.3) is 0 Å². The zero-order valence-corrected chi connectivity index (χ0v) is 17.6. The number of allylic oxidation sites excluding steroid dienone is 2. The monoisotopic (exact) mass is 369 g/mol. The molecule has 0 aromatic carbocycles. The molecule has 2 saturated carbocycles. The van der Waals surface area contributed by atoms with E-state index in [2.05, 4.69) is 38.2 Å². The third-order valence-corrected chi connectivity index (χ3v) is 9.73. The second-order valence-electron chi connectivity index (χ2n) is 11.0. The molecule has 0 amide bonds. The molecule has 2 N–H and O–H groups in total. The van der Waals surface area contributed by atoms with Crippen molar-refractivity contribution in [3.63, 3.8) is 0 Å². The van der Waals surface area contributed by atoms with Gasteiger partial charge in [0, 0.05) is 6.04 Å². The Hall–Kier alpha value is -0.600. The first-order valence-corrected chi connectivity index (χ1v) is 11.8. The van der Waals surface area contributed by atoms with Crippen LogP contribution in [0.5, 0.6) is 0 Å². The molecule has 1 aliphatic heterocycles. The summed E-state index contributed by atoms with van der Waals surface area (Å²) >= 11 is 0. The van der Waals surface area contributed by atoms with Gasteiger partial charge >= 0.3 is 0 Å². The molecule has 0 bridgehead atoms. The Balaban J connectivity index is 1.46. The van der Waals surface area contributed by atoms with Gasteiger partial charge in [0.2, 0.25) is 0 Å². The van der Waals surface area contributed by atoms with Gasteiger partial charge in [-0.15, -0.1) is 0 Å². The van der Waals surface area contributed by atoms with Crippen LogP contribution in [0.1, 0.15) is 78.6 Å². The Bertz CT molecular complexity index is 659. The van der Waals surface area contributed by atoms with Crippen LogP contribution in [0.3, 0.4) is 0 Å². The minimum atomic E-state index is -0.0981. The molecule has 1 heterocycles. The zero-order valence-electron chi connectivity index (χ0n) is 17.6. The van der Waals surface area contributed by atoms with E-state index in [9.17, 15) is 5.11 Å². The summed E-state index contributed by atoms with van der Waals surface area (Å²) in [7, 11) is 0. The van der Waals surface area contributed by atoms with E-state index < -0.39 is 0 Å². The molecule has 0 radical (unpaired) electrons. The van der Waals surface area contributed by atoms with Crippen molar-refractivity contribution < 1.29 is 5.11 Å². The SMILES string of the molecule is CC1C=C2CC(O)CC[C@]2(C)[C@H]2CC[C@]3(C)C(C4CCCCN4)=CC[C@H]3[C@H]12. The van der Waals surface area contributed by atoms with Gasteiger partial charge in [0.15, 0.2) is 0 Å². The van der Waals surface area contributed by atoms with Crippen molar-refractivity contribution in [2.45, 2.75) is 90.7 Å². The molecule has 0 aromatic rings. The number of aliphatic hydroxyl groups excluding tert-OH is 1. The standard InChI is InChI=1S/C25H39NO/c1-16-14-17-15-18(27)9-11-24(17,2)21-10-12-25(3)19(7-8-20(25)23(16)21)22-6-4-5-13-26-22/h7,14,16,18,20-23,26-27H,4-6,8-13,15H2,1-3H3/t16?,18?,20-,21-,22?,23-,24-,25+/m0/s1. The highest BCUT2D eigenvalue weighted by atomic mass is 16.3. The molecule has 4 aliphatic carbocycles. The molecule has 3 unspecified atom stereocenters. The predicted molar refractivity (Wildman–Crippen MR) is 111 cm³/mol. The summed E-state index contributed by atoms with van der Waals surface area (Å²) in [4.78, 5) is 0. The average molecular weight is 370 g/mol. The van der Waals surface area contributed by atoms with E-state index in [1.807, 2.05) is 0 Å². The third kappa shape index (κ3) is 2.65. The fourth-order valence-electron chi connectivity index (χ4n) is 8.26. The van der Waals surface area contributed by atoms with Crippen molar-refractivity contribution in [2.75, 3.05) is 6.54 Å². The maximum absolute atomic E-state index is 10.3. The molecular weight excluding hydrogens is 330 g/mol. The van der Waals surface area contributed by atoms with E-state index in [4.69, 9.17) is 0 Å². The number of nitrogens with one attached hydrogen (secondary N) is 1. The van der Waals surface area contributed by atoms with E-state index in [1.54, 1.807) is 11.1 Å². The van der Waals surface area contributed by atoms with Gasteiger partial charge in [0.1, 0.15) is 0 Å². The summed E-state index contributed by atoms with van der Waals surface area (Å²) < 4.78 is 0. The summed E-state index contributed by atoms with van der Waals surface area (Å²) in [6.07, 6.45) is 16.5. The summed E-state index contributed by atoms with van der Waals surface area (Å²) in [5.74, 6) is 3.14.